The Morgan fingerprint density at radius 3 is 2.33 bits per heavy atom. The lowest BCUT2D eigenvalue weighted by Gasteiger charge is -2.28. The predicted molar refractivity (Wildman–Crippen MR) is 70.7 cm³/mol. The molecule has 0 unspecified atom stereocenters. The van der Waals surface area contributed by atoms with E-state index in [1.807, 2.05) is 13.8 Å². The van der Waals surface area contributed by atoms with E-state index in [9.17, 15) is 9.18 Å². The van der Waals surface area contributed by atoms with E-state index in [1.165, 1.54) is 6.07 Å². The fourth-order valence-electron chi connectivity index (χ4n) is 1.63. The molecule has 0 radical (unpaired) electrons. The average Bonchev–Trinajstić information content (AvgIpc) is 2.25. The molecule has 1 amide bonds. The third kappa shape index (κ3) is 3.53. The SMILES string of the molecule is CC(C)(N)C(=O)NCC(C)(C)c1ccccc1F. The number of benzene rings is 1. The molecule has 1 aromatic carbocycles. The largest absolute Gasteiger partial charge is 0.354 e. The number of rotatable bonds is 4. The van der Waals surface area contributed by atoms with Gasteiger partial charge >= 0.3 is 0 Å². The minimum absolute atomic E-state index is 0.244. The zero-order valence-corrected chi connectivity index (χ0v) is 11.4. The van der Waals surface area contributed by atoms with E-state index in [1.54, 1.807) is 32.0 Å². The Labute approximate surface area is 108 Å². The van der Waals surface area contributed by atoms with Crippen LogP contribution in [0.4, 0.5) is 4.39 Å². The third-order valence-electron chi connectivity index (χ3n) is 2.88. The molecule has 0 heterocycles. The first-order valence-electron chi connectivity index (χ1n) is 5.97. The van der Waals surface area contributed by atoms with Gasteiger partial charge in [0, 0.05) is 12.0 Å². The molecule has 0 atom stereocenters. The highest BCUT2D eigenvalue weighted by atomic mass is 19.1. The minimum atomic E-state index is -0.925. The van der Waals surface area contributed by atoms with Gasteiger partial charge in [0.1, 0.15) is 5.82 Å². The van der Waals surface area contributed by atoms with Crippen LogP contribution in [0.1, 0.15) is 33.3 Å². The first-order valence-corrected chi connectivity index (χ1v) is 5.97. The molecule has 0 aliphatic rings. The van der Waals surface area contributed by atoms with E-state index in [0.29, 0.717) is 12.1 Å². The normalized spacial score (nSPS) is 12.3. The summed E-state index contributed by atoms with van der Waals surface area (Å²) < 4.78 is 13.7. The highest BCUT2D eigenvalue weighted by molar-refractivity contribution is 5.85. The number of nitrogens with one attached hydrogen (secondary N) is 1. The molecule has 0 saturated carbocycles. The highest BCUT2D eigenvalue weighted by Crippen LogP contribution is 2.24. The van der Waals surface area contributed by atoms with Gasteiger partial charge < -0.3 is 11.1 Å². The molecule has 0 bridgehead atoms. The second-order valence-corrected chi connectivity index (χ2v) is 5.77. The highest BCUT2D eigenvalue weighted by Gasteiger charge is 2.27. The van der Waals surface area contributed by atoms with Crippen LogP contribution in [0.5, 0.6) is 0 Å². The van der Waals surface area contributed by atoms with Gasteiger partial charge in [-0.15, -0.1) is 0 Å². The summed E-state index contributed by atoms with van der Waals surface area (Å²) in [5.74, 6) is -0.504. The smallest absolute Gasteiger partial charge is 0.239 e. The molecule has 0 aliphatic carbocycles. The van der Waals surface area contributed by atoms with Crippen molar-refractivity contribution in [2.24, 2.45) is 5.73 Å². The Balaban J connectivity index is 2.78. The van der Waals surface area contributed by atoms with Crippen LogP contribution < -0.4 is 11.1 Å². The summed E-state index contributed by atoms with van der Waals surface area (Å²) in [6, 6.07) is 6.59. The van der Waals surface area contributed by atoms with Crippen LogP contribution in [-0.2, 0) is 10.2 Å². The standard InChI is InChI=1S/C14H21FN2O/c1-13(2,9-17-12(18)14(3,4)16)10-7-5-6-8-11(10)15/h5-8H,9,16H2,1-4H3,(H,17,18). The fraction of sp³-hybridized carbons (Fsp3) is 0.500. The first-order chi connectivity index (χ1) is 8.14. The number of carbonyl (C=O) groups is 1. The second kappa shape index (κ2) is 5.06. The lowest BCUT2D eigenvalue weighted by Crippen LogP contribution is -2.51. The molecule has 1 rings (SSSR count). The average molecular weight is 252 g/mol. The molecular weight excluding hydrogens is 231 g/mol. The van der Waals surface area contributed by atoms with E-state index in [-0.39, 0.29) is 11.7 Å². The van der Waals surface area contributed by atoms with E-state index in [4.69, 9.17) is 5.73 Å². The van der Waals surface area contributed by atoms with Crippen molar-refractivity contribution in [1.82, 2.24) is 5.32 Å². The van der Waals surface area contributed by atoms with Crippen molar-refractivity contribution in [3.63, 3.8) is 0 Å². The Morgan fingerprint density at radius 1 is 1.28 bits per heavy atom. The number of amides is 1. The molecule has 4 heteroatoms. The molecule has 3 nitrogen and oxygen atoms in total. The molecule has 0 aliphatic heterocycles. The van der Waals surface area contributed by atoms with Crippen molar-refractivity contribution in [1.29, 1.82) is 0 Å². The molecule has 0 aromatic heterocycles. The number of halogens is 1. The summed E-state index contributed by atoms with van der Waals surface area (Å²) in [5, 5.41) is 2.76. The topological polar surface area (TPSA) is 55.1 Å². The zero-order chi connectivity index (χ0) is 14.0. The lowest BCUT2D eigenvalue weighted by molar-refractivity contribution is -0.125. The van der Waals surface area contributed by atoms with Gasteiger partial charge in [0.15, 0.2) is 0 Å². The van der Waals surface area contributed by atoms with Crippen molar-refractivity contribution < 1.29 is 9.18 Å². The number of hydrogen-bond donors (Lipinski definition) is 2. The van der Waals surface area contributed by atoms with Crippen LogP contribution in [0, 0.1) is 5.82 Å². The second-order valence-electron chi connectivity index (χ2n) is 5.77. The Kier molecular flexibility index (Phi) is 4.12. The summed E-state index contributed by atoms with van der Waals surface area (Å²) in [4.78, 5) is 11.7. The third-order valence-corrected chi connectivity index (χ3v) is 2.88. The van der Waals surface area contributed by atoms with Crippen LogP contribution in [-0.4, -0.2) is 18.0 Å². The summed E-state index contributed by atoms with van der Waals surface area (Å²) in [6.07, 6.45) is 0. The van der Waals surface area contributed by atoms with E-state index >= 15 is 0 Å². The molecule has 1 aromatic rings. The van der Waals surface area contributed by atoms with Crippen molar-refractivity contribution in [2.45, 2.75) is 38.6 Å². The van der Waals surface area contributed by atoms with Gasteiger partial charge in [0.25, 0.3) is 0 Å². The van der Waals surface area contributed by atoms with E-state index in [0.717, 1.165) is 0 Å². The van der Waals surface area contributed by atoms with Gasteiger partial charge in [-0.1, -0.05) is 32.0 Å². The van der Waals surface area contributed by atoms with Crippen molar-refractivity contribution in [3.8, 4) is 0 Å². The van der Waals surface area contributed by atoms with E-state index in [2.05, 4.69) is 5.32 Å². The Bertz CT molecular complexity index is 436. The number of hydrogen-bond acceptors (Lipinski definition) is 2. The summed E-state index contributed by atoms with van der Waals surface area (Å²) >= 11 is 0. The van der Waals surface area contributed by atoms with Crippen molar-refractivity contribution >= 4 is 5.91 Å². The molecule has 3 N–H and O–H groups in total. The van der Waals surface area contributed by atoms with Gasteiger partial charge in [-0.3, -0.25) is 4.79 Å². The van der Waals surface area contributed by atoms with Crippen LogP contribution >= 0.6 is 0 Å². The zero-order valence-electron chi connectivity index (χ0n) is 11.4. The van der Waals surface area contributed by atoms with Gasteiger partial charge in [-0.05, 0) is 25.5 Å². The first kappa shape index (κ1) is 14.6. The Hall–Kier alpha value is -1.42. The van der Waals surface area contributed by atoms with E-state index < -0.39 is 11.0 Å². The molecule has 18 heavy (non-hydrogen) atoms. The van der Waals surface area contributed by atoms with Gasteiger partial charge in [-0.2, -0.15) is 0 Å². The fourth-order valence-corrected chi connectivity index (χ4v) is 1.63. The summed E-state index contributed by atoms with van der Waals surface area (Å²) in [7, 11) is 0. The summed E-state index contributed by atoms with van der Waals surface area (Å²) in [6.45, 7) is 7.38. The maximum atomic E-state index is 13.7. The van der Waals surface area contributed by atoms with Crippen LogP contribution in [0.15, 0.2) is 24.3 Å². The minimum Gasteiger partial charge on any atom is -0.354 e. The Morgan fingerprint density at radius 2 is 1.83 bits per heavy atom. The maximum Gasteiger partial charge on any atom is 0.239 e. The lowest BCUT2D eigenvalue weighted by atomic mass is 9.84. The van der Waals surface area contributed by atoms with Crippen LogP contribution in [0.25, 0.3) is 0 Å². The maximum absolute atomic E-state index is 13.7. The molecule has 0 saturated heterocycles. The van der Waals surface area contributed by atoms with Crippen molar-refractivity contribution in [2.75, 3.05) is 6.54 Å². The number of nitrogens with two attached hydrogens (primary N) is 1. The number of carbonyl (C=O) groups excluding carboxylic acids is 1. The molecule has 100 valence electrons. The van der Waals surface area contributed by atoms with Crippen LogP contribution in [0.3, 0.4) is 0 Å². The molecule has 0 fully saturated rings. The van der Waals surface area contributed by atoms with Crippen molar-refractivity contribution in [3.05, 3.63) is 35.6 Å². The van der Waals surface area contributed by atoms with Crippen LogP contribution in [0.2, 0.25) is 0 Å². The predicted octanol–water partition coefficient (Wildman–Crippen LogP) is 1.96. The monoisotopic (exact) mass is 252 g/mol. The quantitative estimate of drug-likeness (QED) is 0.860. The van der Waals surface area contributed by atoms with Gasteiger partial charge in [0.05, 0.1) is 5.54 Å². The molecular formula is C14H21FN2O. The molecule has 0 spiro atoms. The van der Waals surface area contributed by atoms with Gasteiger partial charge in [0.2, 0.25) is 5.91 Å². The summed E-state index contributed by atoms with van der Waals surface area (Å²) in [5.41, 5.74) is 4.87. The van der Waals surface area contributed by atoms with Gasteiger partial charge in [-0.25, -0.2) is 4.39 Å².